The SMILES string of the molecule is CC1(C)c2ccccc2-c2ccc(N(c3ccccc3)c3ccc4c(-c5cccc6ccccc56)c5cc(N(c6ccccc6)c6ccc7c(c6)C(C)(C)c6ccccc6-7)ccc5c(-c5cccc6ccccc56)c4c3)cc21. The van der Waals surface area contributed by atoms with Gasteiger partial charge in [0.25, 0.3) is 0 Å². The lowest BCUT2D eigenvalue weighted by atomic mass is 9.82. The van der Waals surface area contributed by atoms with Crippen LogP contribution in [0.25, 0.3) is 87.6 Å². The number of hydrogen-bond donors (Lipinski definition) is 0. The molecule has 2 aliphatic carbocycles. The first-order valence-corrected chi connectivity index (χ1v) is 27.4. The van der Waals surface area contributed by atoms with Gasteiger partial charge in [0.05, 0.1) is 0 Å². The predicted molar refractivity (Wildman–Crippen MR) is 332 cm³/mol. The van der Waals surface area contributed by atoms with Crippen molar-refractivity contribution >= 4 is 77.2 Å². The summed E-state index contributed by atoms with van der Waals surface area (Å²) in [4.78, 5) is 4.93. The van der Waals surface area contributed by atoms with Crippen molar-refractivity contribution < 1.29 is 0 Å². The topological polar surface area (TPSA) is 6.48 Å². The fourth-order valence-corrected chi connectivity index (χ4v) is 13.7. The Hall–Kier alpha value is -9.50. The molecule has 2 heteroatoms. The van der Waals surface area contributed by atoms with E-state index in [0.717, 1.165) is 34.1 Å². The van der Waals surface area contributed by atoms with Crippen LogP contribution in [-0.4, -0.2) is 0 Å². The summed E-state index contributed by atoms with van der Waals surface area (Å²) in [7, 11) is 0. The average Bonchev–Trinajstić information content (AvgIpc) is 3.95. The summed E-state index contributed by atoms with van der Waals surface area (Å²) < 4.78 is 0. The van der Waals surface area contributed by atoms with Crippen LogP contribution in [0.4, 0.5) is 34.1 Å². The van der Waals surface area contributed by atoms with Crippen LogP contribution < -0.4 is 9.80 Å². The van der Waals surface area contributed by atoms with Gasteiger partial charge in [-0.25, -0.2) is 0 Å². The fourth-order valence-electron chi connectivity index (χ4n) is 13.7. The Morgan fingerprint density at radius 2 is 0.551 bits per heavy atom. The molecule has 0 bridgehead atoms. The first-order chi connectivity index (χ1) is 38.2. The summed E-state index contributed by atoms with van der Waals surface area (Å²) in [5.41, 5.74) is 21.9. The van der Waals surface area contributed by atoms with Gasteiger partial charge in [-0.15, -0.1) is 0 Å². The number of para-hydroxylation sites is 2. The molecular formula is C76H56N2. The second kappa shape index (κ2) is 17.5. The van der Waals surface area contributed by atoms with Gasteiger partial charge < -0.3 is 9.80 Å². The Kier molecular flexibility index (Phi) is 10.3. The van der Waals surface area contributed by atoms with E-state index in [0.29, 0.717) is 0 Å². The van der Waals surface area contributed by atoms with E-state index in [1.165, 1.54) is 110 Å². The maximum atomic E-state index is 2.48. The largest absolute Gasteiger partial charge is 0.310 e. The van der Waals surface area contributed by atoms with Crippen molar-refractivity contribution in [2.75, 3.05) is 9.80 Å². The lowest BCUT2D eigenvalue weighted by Crippen LogP contribution is -2.16. The van der Waals surface area contributed by atoms with Crippen molar-refractivity contribution in [2.24, 2.45) is 0 Å². The zero-order valence-electron chi connectivity index (χ0n) is 44.3. The van der Waals surface area contributed by atoms with Crippen molar-refractivity contribution in [3.05, 3.63) is 289 Å². The van der Waals surface area contributed by atoms with Gasteiger partial charge in [0.2, 0.25) is 0 Å². The van der Waals surface area contributed by atoms with Crippen LogP contribution in [0.5, 0.6) is 0 Å². The Balaban J connectivity index is 1.03. The molecule has 0 radical (unpaired) electrons. The van der Waals surface area contributed by atoms with Crippen LogP contribution in [0.15, 0.2) is 267 Å². The molecule has 0 fully saturated rings. The quantitative estimate of drug-likeness (QED) is 0.140. The van der Waals surface area contributed by atoms with Crippen molar-refractivity contribution in [1.29, 1.82) is 0 Å². The van der Waals surface area contributed by atoms with Gasteiger partial charge in [0.1, 0.15) is 0 Å². The minimum Gasteiger partial charge on any atom is -0.310 e. The average molecular weight is 997 g/mol. The molecule has 13 aromatic rings. The fraction of sp³-hybridized carbons (Fsp3) is 0.0789. The molecule has 370 valence electrons. The Morgan fingerprint density at radius 1 is 0.218 bits per heavy atom. The van der Waals surface area contributed by atoms with Crippen molar-refractivity contribution in [1.82, 2.24) is 0 Å². The summed E-state index contributed by atoms with van der Waals surface area (Å²) in [5, 5.41) is 9.67. The molecule has 0 saturated heterocycles. The van der Waals surface area contributed by atoms with E-state index in [4.69, 9.17) is 0 Å². The van der Waals surface area contributed by atoms with E-state index in [2.05, 4.69) is 304 Å². The smallest absolute Gasteiger partial charge is 0.0468 e. The summed E-state index contributed by atoms with van der Waals surface area (Å²) in [6, 6.07) is 99.8. The summed E-state index contributed by atoms with van der Waals surface area (Å²) >= 11 is 0. The van der Waals surface area contributed by atoms with E-state index in [1.54, 1.807) is 0 Å². The minimum atomic E-state index is -0.153. The normalized spacial score (nSPS) is 13.6. The lowest BCUT2D eigenvalue weighted by Gasteiger charge is -2.30. The summed E-state index contributed by atoms with van der Waals surface area (Å²) in [6.45, 7) is 9.49. The predicted octanol–water partition coefficient (Wildman–Crippen LogP) is 21.2. The molecule has 0 atom stereocenters. The van der Waals surface area contributed by atoms with E-state index >= 15 is 0 Å². The van der Waals surface area contributed by atoms with Gasteiger partial charge in [-0.3, -0.25) is 0 Å². The third-order valence-electron chi connectivity index (χ3n) is 17.4. The van der Waals surface area contributed by atoms with Crippen LogP contribution in [0, 0.1) is 0 Å². The Labute approximate surface area is 456 Å². The van der Waals surface area contributed by atoms with Crippen LogP contribution in [0.2, 0.25) is 0 Å². The molecule has 15 rings (SSSR count). The highest BCUT2D eigenvalue weighted by Crippen LogP contribution is 2.55. The molecule has 2 aliphatic rings. The number of rotatable bonds is 8. The van der Waals surface area contributed by atoms with Crippen LogP contribution >= 0.6 is 0 Å². The second-order valence-electron chi connectivity index (χ2n) is 22.4. The van der Waals surface area contributed by atoms with Crippen LogP contribution in [-0.2, 0) is 10.8 Å². The molecule has 0 heterocycles. The Morgan fingerprint density at radius 3 is 1.00 bits per heavy atom. The van der Waals surface area contributed by atoms with Gasteiger partial charge >= 0.3 is 0 Å². The maximum absolute atomic E-state index is 2.48. The monoisotopic (exact) mass is 996 g/mol. The van der Waals surface area contributed by atoms with Gasteiger partial charge in [-0.05, 0) is 183 Å². The highest BCUT2D eigenvalue weighted by molar-refractivity contribution is 6.26. The molecule has 0 N–H and O–H groups in total. The Bertz CT molecular complexity index is 4260. The van der Waals surface area contributed by atoms with Crippen molar-refractivity contribution in [2.45, 2.75) is 38.5 Å². The first-order valence-electron chi connectivity index (χ1n) is 27.4. The van der Waals surface area contributed by atoms with E-state index in [1.807, 2.05) is 0 Å². The van der Waals surface area contributed by atoms with E-state index < -0.39 is 0 Å². The van der Waals surface area contributed by atoms with Gasteiger partial charge in [-0.2, -0.15) is 0 Å². The molecule has 0 amide bonds. The van der Waals surface area contributed by atoms with Gasteiger partial charge in [0.15, 0.2) is 0 Å². The third kappa shape index (κ3) is 6.96. The van der Waals surface area contributed by atoms with Gasteiger partial charge in [-0.1, -0.05) is 222 Å². The number of anilines is 6. The van der Waals surface area contributed by atoms with Crippen molar-refractivity contribution in [3.8, 4) is 44.5 Å². The van der Waals surface area contributed by atoms with Gasteiger partial charge in [0, 0.05) is 45.0 Å². The third-order valence-corrected chi connectivity index (χ3v) is 17.4. The molecular weight excluding hydrogens is 941 g/mol. The van der Waals surface area contributed by atoms with E-state index in [9.17, 15) is 0 Å². The molecule has 0 unspecified atom stereocenters. The molecule has 0 saturated carbocycles. The van der Waals surface area contributed by atoms with E-state index in [-0.39, 0.29) is 10.8 Å². The zero-order valence-corrected chi connectivity index (χ0v) is 44.3. The highest BCUT2D eigenvalue weighted by atomic mass is 15.1. The molecule has 0 aliphatic heterocycles. The number of nitrogens with zero attached hydrogens (tertiary/aromatic N) is 2. The summed E-state index contributed by atoms with van der Waals surface area (Å²) in [5.74, 6) is 0. The van der Waals surface area contributed by atoms with Crippen molar-refractivity contribution in [3.63, 3.8) is 0 Å². The molecule has 2 nitrogen and oxygen atoms in total. The molecule has 13 aromatic carbocycles. The number of fused-ring (bicyclic) bond motifs is 10. The van der Waals surface area contributed by atoms with Crippen LogP contribution in [0.3, 0.4) is 0 Å². The first kappa shape index (κ1) is 45.9. The summed E-state index contributed by atoms with van der Waals surface area (Å²) in [6.07, 6.45) is 0. The highest BCUT2D eigenvalue weighted by Gasteiger charge is 2.37. The molecule has 78 heavy (non-hydrogen) atoms. The number of hydrogen-bond acceptors (Lipinski definition) is 2. The maximum Gasteiger partial charge on any atom is 0.0468 e. The molecule has 0 aromatic heterocycles. The van der Waals surface area contributed by atoms with Crippen LogP contribution in [0.1, 0.15) is 49.9 Å². The minimum absolute atomic E-state index is 0.153. The second-order valence-corrected chi connectivity index (χ2v) is 22.4. The lowest BCUT2D eigenvalue weighted by molar-refractivity contribution is 0.660. The zero-order chi connectivity index (χ0) is 52.3. The molecule has 0 spiro atoms. The standard InChI is InChI=1S/C76H56N2/c1-75(2)69-35-17-15-31-59(69)61-41-37-55(47-71(61)75)77(51-25-7-5-8-26-51)53-39-43-65-67(45-53)73(63-33-19-23-49-21-11-13-29-57(49)63)66-44-40-54(46-68(66)74(65)64-34-20-24-50-22-12-14-30-58(50)64)78(52-27-9-6-10-28-52)56-38-42-62-60-32-16-18-36-70(60)76(3,4)72(62)48-56/h5-48H,1-4H3. The number of benzene rings is 13.